The first-order valence-corrected chi connectivity index (χ1v) is 4.29. The summed E-state index contributed by atoms with van der Waals surface area (Å²) in [6.45, 7) is 3.66. The van der Waals surface area contributed by atoms with Crippen molar-refractivity contribution < 1.29 is 4.74 Å². The van der Waals surface area contributed by atoms with Crippen molar-refractivity contribution in [1.29, 1.82) is 0 Å². The van der Waals surface area contributed by atoms with Gasteiger partial charge in [0.15, 0.2) is 0 Å². The van der Waals surface area contributed by atoms with Crippen molar-refractivity contribution in [2.45, 2.75) is 12.8 Å². The lowest BCUT2D eigenvalue weighted by molar-refractivity contribution is 0.0560. The molecule has 0 atom stereocenters. The molecule has 11 heavy (non-hydrogen) atoms. The number of rotatable bonds is 3. The minimum Gasteiger partial charge on any atom is -0.381 e. The molecule has 0 aromatic carbocycles. The molecule has 1 fully saturated rings. The number of hydrogen-bond donors (Lipinski definition) is 1. The Labute approximate surface area is 68.5 Å². The molecule has 3 nitrogen and oxygen atoms in total. The zero-order valence-corrected chi connectivity index (χ0v) is 7.25. The third-order valence-corrected chi connectivity index (χ3v) is 2.22. The molecule has 0 aromatic heterocycles. The highest BCUT2D eigenvalue weighted by Gasteiger charge is 2.14. The van der Waals surface area contributed by atoms with Crippen LogP contribution in [0.15, 0.2) is 0 Å². The maximum Gasteiger partial charge on any atom is 0.0469 e. The molecule has 0 aromatic rings. The Morgan fingerprint density at radius 2 is 2.09 bits per heavy atom. The second-order valence-electron chi connectivity index (χ2n) is 3.28. The minimum atomic E-state index is 0.664. The average molecular weight is 158 g/mol. The van der Waals surface area contributed by atoms with E-state index in [4.69, 9.17) is 10.5 Å². The first-order chi connectivity index (χ1) is 5.33. The smallest absolute Gasteiger partial charge is 0.0469 e. The van der Waals surface area contributed by atoms with Crippen molar-refractivity contribution in [3.05, 3.63) is 0 Å². The third kappa shape index (κ3) is 3.18. The molecule has 0 radical (unpaired) electrons. The standard InChI is InChI=1S/C8H18N2O/c1-10(7-9)6-8-2-4-11-5-3-8/h8H,2-7,9H2,1H3. The first-order valence-electron chi connectivity index (χ1n) is 4.29. The molecular formula is C8H18N2O. The molecule has 1 aliphatic heterocycles. The number of ether oxygens (including phenoxy) is 1. The lowest BCUT2D eigenvalue weighted by Gasteiger charge is -2.25. The fourth-order valence-electron chi connectivity index (χ4n) is 1.44. The average Bonchev–Trinajstić information content (AvgIpc) is 2.06. The predicted octanol–water partition coefficient (Wildman–Crippen LogP) is 0.261. The highest BCUT2D eigenvalue weighted by atomic mass is 16.5. The SMILES string of the molecule is CN(CN)CC1CCOCC1. The predicted molar refractivity (Wildman–Crippen MR) is 45.2 cm³/mol. The summed E-state index contributed by atoms with van der Waals surface area (Å²) >= 11 is 0. The van der Waals surface area contributed by atoms with Crippen LogP contribution in [0, 0.1) is 5.92 Å². The van der Waals surface area contributed by atoms with E-state index in [1.807, 2.05) is 0 Å². The summed E-state index contributed by atoms with van der Waals surface area (Å²) in [5, 5.41) is 0. The number of nitrogens with two attached hydrogens (primary N) is 1. The van der Waals surface area contributed by atoms with E-state index < -0.39 is 0 Å². The lowest BCUT2D eigenvalue weighted by Crippen LogP contribution is -2.33. The molecule has 1 heterocycles. The Bertz CT molecular complexity index is 102. The van der Waals surface area contributed by atoms with Gasteiger partial charge in [-0.15, -0.1) is 0 Å². The molecule has 0 aliphatic carbocycles. The molecule has 66 valence electrons. The Balaban J connectivity index is 2.13. The van der Waals surface area contributed by atoms with Crippen molar-refractivity contribution in [2.24, 2.45) is 11.7 Å². The van der Waals surface area contributed by atoms with Crippen LogP contribution >= 0.6 is 0 Å². The van der Waals surface area contributed by atoms with E-state index in [2.05, 4.69) is 11.9 Å². The maximum atomic E-state index is 5.48. The van der Waals surface area contributed by atoms with Crippen LogP contribution in [0.4, 0.5) is 0 Å². The van der Waals surface area contributed by atoms with Crippen LogP contribution in [0.1, 0.15) is 12.8 Å². The number of hydrogen-bond acceptors (Lipinski definition) is 3. The van der Waals surface area contributed by atoms with Gasteiger partial charge in [-0.05, 0) is 25.8 Å². The molecule has 0 saturated carbocycles. The molecule has 0 unspecified atom stereocenters. The fraction of sp³-hybridized carbons (Fsp3) is 1.00. The zero-order chi connectivity index (χ0) is 8.10. The summed E-state index contributed by atoms with van der Waals surface area (Å²) in [5.74, 6) is 0.803. The minimum absolute atomic E-state index is 0.664. The van der Waals surface area contributed by atoms with Crippen LogP contribution in [0.25, 0.3) is 0 Å². The van der Waals surface area contributed by atoms with Gasteiger partial charge in [-0.25, -0.2) is 0 Å². The zero-order valence-electron chi connectivity index (χ0n) is 7.25. The normalized spacial score (nSPS) is 21.0. The highest BCUT2D eigenvalue weighted by molar-refractivity contribution is 4.66. The van der Waals surface area contributed by atoms with Gasteiger partial charge in [-0.3, -0.25) is 4.90 Å². The summed E-state index contributed by atoms with van der Waals surface area (Å²) in [5.41, 5.74) is 5.48. The summed E-state index contributed by atoms with van der Waals surface area (Å²) in [4.78, 5) is 2.16. The van der Waals surface area contributed by atoms with Gasteiger partial charge < -0.3 is 10.5 Å². The lowest BCUT2D eigenvalue weighted by atomic mass is 10.0. The van der Waals surface area contributed by atoms with Gasteiger partial charge in [0, 0.05) is 26.4 Å². The molecule has 0 bridgehead atoms. The quantitative estimate of drug-likeness (QED) is 0.599. The largest absolute Gasteiger partial charge is 0.381 e. The second kappa shape index (κ2) is 4.70. The van der Waals surface area contributed by atoms with Crippen LogP contribution < -0.4 is 5.73 Å². The van der Waals surface area contributed by atoms with Crippen molar-refractivity contribution in [3.63, 3.8) is 0 Å². The Hall–Kier alpha value is -0.120. The van der Waals surface area contributed by atoms with Crippen molar-refractivity contribution >= 4 is 0 Å². The van der Waals surface area contributed by atoms with Gasteiger partial charge in [0.1, 0.15) is 0 Å². The summed E-state index contributed by atoms with van der Waals surface area (Å²) in [7, 11) is 2.06. The van der Waals surface area contributed by atoms with E-state index >= 15 is 0 Å². The Kier molecular flexibility index (Phi) is 3.83. The second-order valence-corrected chi connectivity index (χ2v) is 3.28. The van der Waals surface area contributed by atoms with Gasteiger partial charge in [0.2, 0.25) is 0 Å². The van der Waals surface area contributed by atoms with Crippen LogP contribution in [0.3, 0.4) is 0 Å². The van der Waals surface area contributed by atoms with Gasteiger partial charge >= 0.3 is 0 Å². The van der Waals surface area contributed by atoms with Crippen molar-refractivity contribution in [1.82, 2.24) is 4.90 Å². The van der Waals surface area contributed by atoms with E-state index in [1.165, 1.54) is 12.8 Å². The van der Waals surface area contributed by atoms with Crippen LogP contribution in [0.2, 0.25) is 0 Å². The molecule has 0 spiro atoms. The van der Waals surface area contributed by atoms with Crippen LogP contribution in [0.5, 0.6) is 0 Å². The van der Waals surface area contributed by atoms with Gasteiger partial charge in [0.05, 0.1) is 0 Å². The van der Waals surface area contributed by atoms with E-state index in [0.29, 0.717) is 6.67 Å². The molecule has 3 heteroatoms. The van der Waals surface area contributed by atoms with E-state index in [1.54, 1.807) is 0 Å². The summed E-state index contributed by atoms with van der Waals surface area (Å²) < 4.78 is 5.27. The Morgan fingerprint density at radius 1 is 1.45 bits per heavy atom. The molecule has 0 amide bonds. The number of nitrogens with zero attached hydrogens (tertiary/aromatic N) is 1. The van der Waals surface area contributed by atoms with Gasteiger partial charge in [-0.2, -0.15) is 0 Å². The topological polar surface area (TPSA) is 38.5 Å². The van der Waals surface area contributed by atoms with Gasteiger partial charge in [-0.1, -0.05) is 0 Å². The van der Waals surface area contributed by atoms with Crippen molar-refractivity contribution in [3.8, 4) is 0 Å². The summed E-state index contributed by atoms with van der Waals surface area (Å²) in [6.07, 6.45) is 2.40. The van der Waals surface area contributed by atoms with E-state index in [-0.39, 0.29) is 0 Å². The molecular weight excluding hydrogens is 140 g/mol. The van der Waals surface area contributed by atoms with Crippen molar-refractivity contribution in [2.75, 3.05) is 33.5 Å². The highest BCUT2D eigenvalue weighted by Crippen LogP contribution is 2.14. The summed E-state index contributed by atoms with van der Waals surface area (Å²) in [6, 6.07) is 0. The molecule has 1 rings (SSSR count). The van der Waals surface area contributed by atoms with Gasteiger partial charge in [0.25, 0.3) is 0 Å². The Morgan fingerprint density at radius 3 is 2.64 bits per heavy atom. The molecule has 1 saturated heterocycles. The van der Waals surface area contributed by atoms with E-state index in [0.717, 1.165) is 25.7 Å². The van der Waals surface area contributed by atoms with Crippen LogP contribution in [-0.4, -0.2) is 38.4 Å². The molecule has 2 N–H and O–H groups in total. The maximum absolute atomic E-state index is 5.48. The third-order valence-electron chi connectivity index (χ3n) is 2.22. The molecule has 1 aliphatic rings. The van der Waals surface area contributed by atoms with E-state index in [9.17, 15) is 0 Å². The fourth-order valence-corrected chi connectivity index (χ4v) is 1.44. The first kappa shape index (κ1) is 8.97. The monoisotopic (exact) mass is 158 g/mol. The van der Waals surface area contributed by atoms with Crippen LogP contribution in [-0.2, 0) is 4.74 Å².